The van der Waals surface area contributed by atoms with Gasteiger partial charge in [-0.1, -0.05) is 24.3 Å². The van der Waals surface area contributed by atoms with Gasteiger partial charge >= 0.3 is 0 Å². The lowest BCUT2D eigenvalue weighted by Gasteiger charge is -2.00. The summed E-state index contributed by atoms with van der Waals surface area (Å²) in [7, 11) is 0. The lowest BCUT2D eigenvalue weighted by molar-refractivity contribution is 0.477. The molecule has 0 radical (unpaired) electrons. The Balaban J connectivity index is 2.06. The van der Waals surface area contributed by atoms with E-state index in [1.165, 1.54) is 0 Å². The van der Waals surface area contributed by atoms with E-state index in [-0.39, 0.29) is 11.5 Å². The smallest absolute Gasteiger partial charge is 0.141 e. The quantitative estimate of drug-likeness (QED) is 0.656. The van der Waals surface area contributed by atoms with Crippen LogP contribution in [0.4, 0.5) is 0 Å². The van der Waals surface area contributed by atoms with Crippen LogP contribution < -0.4 is 0 Å². The van der Waals surface area contributed by atoms with Crippen LogP contribution in [0, 0.1) is 0 Å². The predicted molar refractivity (Wildman–Crippen MR) is 72.8 cm³/mol. The van der Waals surface area contributed by atoms with Gasteiger partial charge in [0.2, 0.25) is 0 Å². The molecule has 1 aromatic heterocycles. The summed E-state index contributed by atoms with van der Waals surface area (Å²) in [5.74, 6) is 0.912. The van der Waals surface area contributed by atoms with Crippen LogP contribution in [0.25, 0.3) is 22.6 Å². The average molecular weight is 252 g/mol. The number of benzene rings is 2. The van der Waals surface area contributed by atoms with E-state index in [4.69, 9.17) is 0 Å². The molecule has 0 saturated carbocycles. The van der Waals surface area contributed by atoms with Crippen molar-refractivity contribution in [2.75, 3.05) is 0 Å². The van der Waals surface area contributed by atoms with Crippen molar-refractivity contribution in [3.8, 4) is 34.1 Å². The zero-order valence-electron chi connectivity index (χ0n) is 10.0. The number of phenols is 2. The molecule has 3 rings (SSSR count). The van der Waals surface area contributed by atoms with Crippen LogP contribution in [-0.4, -0.2) is 20.2 Å². The topological polar surface area (TPSA) is 69.1 Å². The molecule has 0 fully saturated rings. The molecule has 0 bridgehead atoms. The average Bonchev–Trinajstić information content (AvgIpc) is 2.89. The number of aromatic hydroxyl groups is 2. The van der Waals surface area contributed by atoms with Crippen LogP contribution in [-0.2, 0) is 0 Å². The summed E-state index contributed by atoms with van der Waals surface area (Å²) >= 11 is 0. The molecule has 0 spiro atoms. The van der Waals surface area contributed by atoms with Gasteiger partial charge in [-0.15, -0.1) is 0 Å². The van der Waals surface area contributed by atoms with E-state index in [0.717, 1.165) is 0 Å². The molecule has 0 aliphatic heterocycles. The minimum Gasteiger partial charge on any atom is -0.507 e. The van der Waals surface area contributed by atoms with Gasteiger partial charge in [-0.05, 0) is 24.3 Å². The van der Waals surface area contributed by atoms with Crippen molar-refractivity contribution in [1.82, 2.24) is 9.97 Å². The third kappa shape index (κ3) is 2.04. The molecule has 3 aromatic rings. The summed E-state index contributed by atoms with van der Waals surface area (Å²) < 4.78 is 0. The first-order valence-electron chi connectivity index (χ1n) is 5.88. The molecule has 0 unspecified atom stereocenters. The number of phenolic OH excluding ortho intramolecular Hbond substituents is 2. The maximum atomic E-state index is 9.80. The lowest BCUT2D eigenvalue weighted by atomic mass is 10.1. The molecule has 0 saturated heterocycles. The molecule has 0 aliphatic carbocycles. The summed E-state index contributed by atoms with van der Waals surface area (Å²) in [5, 5.41) is 19.6. The number of nitrogens with zero attached hydrogens (tertiary/aromatic N) is 1. The molecule has 19 heavy (non-hydrogen) atoms. The lowest BCUT2D eigenvalue weighted by Crippen LogP contribution is -1.82. The number of nitrogens with one attached hydrogen (secondary N) is 1. The fourth-order valence-electron chi connectivity index (χ4n) is 1.96. The first kappa shape index (κ1) is 11.3. The standard InChI is InChI=1S/C15H12N2O2/c18-13-7-3-1-5-10(13)12-9-16-15(17-12)11-6-2-4-8-14(11)19/h1-9,18-19H,(H,16,17). The van der Waals surface area contributed by atoms with Crippen LogP contribution in [0.1, 0.15) is 0 Å². The second-order valence-electron chi connectivity index (χ2n) is 4.17. The molecule has 3 N–H and O–H groups in total. The number of aromatic nitrogens is 2. The fraction of sp³-hybridized carbons (Fsp3) is 0. The van der Waals surface area contributed by atoms with Crippen molar-refractivity contribution in [3.63, 3.8) is 0 Å². The molecule has 0 amide bonds. The molecular weight excluding hydrogens is 240 g/mol. The minimum absolute atomic E-state index is 0.167. The Morgan fingerprint density at radius 2 is 1.37 bits per heavy atom. The molecule has 1 heterocycles. The van der Waals surface area contributed by atoms with Crippen molar-refractivity contribution in [2.45, 2.75) is 0 Å². The SMILES string of the molecule is Oc1ccccc1-c1c[nH]c(-c2ccccc2O)n1. The van der Waals surface area contributed by atoms with E-state index in [9.17, 15) is 10.2 Å². The largest absolute Gasteiger partial charge is 0.507 e. The summed E-state index contributed by atoms with van der Waals surface area (Å²) in [6.45, 7) is 0. The van der Waals surface area contributed by atoms with Gasteiger partial charge < -0.3 is 15.2 Å². The van der Waals surface area contributed by atoms with Crippen LogP contribution in [0.2, 0.25) is 0 Å². The maximum absolute atomic E-state index is 9.80. The molecule has 0 atom stereocenters. The molecule has 0 aliphatic rings. The van der Waals surface area contributed by atoms with Crippen LogP contribution in [0.15, 0.2) is 54.7 Å². The molecule has 4 nitrogen and oxygen atoms in total. The first-order valence-corrected chi connectivity index (χ1v) is 5.88. The van der Waals surface area contributed by atoms with E-state index in [1.54, 1.807) is 42.6 Å². The number of hydrogen-bond donors (Lipinski definition) is 3. The Morgan fingerprint density at radius 1 is 0.789 bits per heavy atom. The Kier molecular flexibility index (Phi) is 2.68. The van der Waals surface area contributed by atoms with Crippen molar-refractivity contribution in [2.24, 2.45) is 0 Å². The highest BCUT2D eigenvalue weighted by Crippen LogP contribution is 2.31. The van der Waals surface area contributed by atoms with Crippen LogP contribution in [0.5, 0.6) is 11.5 Å². The summed E-state index contributed by atoms with van der Waals surface area (Å²) in [6.07, 6.45) is 1.71. The molecular formula is C15H12N2O2. The van der Waals surface area contributed by atoms with Gasteiger partial charge in [0.25, 0.3) is 0 Å². The van der Waals surface area contributed by atoms with Gasteiger partial charge in [0.05, 0.1) is 11.3 Å². The Labute approximate surface area is 110 Å². The summed E-state index contributed by atoms with van der Waals surface area (Å²) in [5.41, 5.74) is 1.92. The maximum Gasteiger partial charge on any atom is 0.141 e. The van der Waals surface area contributed by atoms with Crippen LogP contribution >= 0.6 is 0 Å². The van der Waals surface area contributed by atoms with Gasteiger partial charge in [0.15, 0.2) is 0 Å². The number of imidazole rings is 1. The monoisotopic (exact) mass is 252 g/mol. The zero-order valence-corrected chi connectivity index (χ0v) is 10.0. The van der Waals surface area contributed by atoms with Crippen molar-refractivity contribution in [1.29, 1.82) is 0 Å². The predicted octanol–water partition coefficient (Wildman–Crippen LogP) is 3.15. The third-order valence-corrected chi connectivity index (χ3v) is 2.92. The number of para-hydroxylation sites is 2. The number of aromatic amines is 1. The van der Waals surface area contributed by atoms with E-state index >= 15 is 0 Å². The van der Waals surface area contributed by atoms with Gasteiger partial charge in [0.1, 0.15) is 17.3 Å². The zero-order chi connectivity index (χ0) is 13.2. The second kappa shape index (κ2) is 4.49. The Bertz CT molecular complexity index is 659. The molecule has 2 aromatic carbocycles. The molecule has 94 valence electrons. The number of hydrogen-bond acceptors (Lipinski definition) is 3. The van der Waals surface area contributed by atoms with Gasteiger partial charge in [0, 0.05) is 11.8 Å². The molecule has 4 heteroatoms. The van der Waals surface area contributed by atoms with Crippen molar-refractivity contribution in [3.05, 3.63) is 54.7 Å². The highest BCUT2D eigenvalue weighted by molar-refractivity contribution is 5.71. The van der Waals surface area contributed by atoms with Crippen LogP contribution in [0.3, 0.4) is 0 Å². The second-order valence-corrected chi connectivity index (χ2v) is 4.17. The van der Waals surface area contributed by atoms with Gasteiger partial charge in [-0.2, -0.15) is 0 Å². The van der Waals surface area contributed by atoms with Crippen molar-refractivity contribution < 1.29 is 10.2 Å². The van der Waals surface area contributed by atoms with E-state index < -0.39 is 0 Å². The van der Waals surface area contributed by atoms with E-state index in [1.807, 2.05) is 12.1 Å². The number of H-pyrrole nitrogens is 1. The highest BCUT2D eigenvalue weighted by Gasteiger charge is 2.11. The van der Waals surface area contributed by atoms with E-state index in [2.05, 4.69) is 9.97 Å². The highest BCUT2D eigenvalue weighted by atomic mass is 16.3. The summed E-state index contributed by atoms with van der Waals surface area (Å²) in [6, 6.07) is 14.0. The number of rotatable bonds is 2. The third-order valence-electron chi connectivity index (χ3n) is 2.92. The first-order chi connectivity index (χ1) is 9.25. The van der Waals surface area contributed by atoms with Gasteiger partial charge in [-0.3, -0.25) is 0 Å². The van der Waals surface area contributed by atoms with Gasteiger partial charge in [-0.25, -0.2) is 4.98 Å². The Morgan fingerprint density at radius 3 is 2.00 bits per heavy atom. The van der Waals surface area contributed by atoms with Crippen molar-refractivity contribution >= 4 is 0 Å². The fourth-order valence-corrected chi connectivity index (χ4v) is 1.96. The summed E-state index contributed by atoms with van der Waals surface area (Å²) in [4.78, 5) is 7.40. The normalized spacial score (nSPS) is 10.5. The van der Waals surface area contributed by atoms with E-state index in [0.29, 0.717) is 22.6 Å². The Hall–Kier alpha value is -2.75. The minimum atomic E-state index is 0.167.